The van der Waals surface area contributed by atoms with Crippen LogP contribution in [-0.4, -0.2) is 44.8 Å². The van der Waals surface area contributed by atoms with Crippen LogP contribution in [-0.2, 0) is 22.6 Å². The largest absolute Gasteiger partial charge is 0.477 e. The molecule has 3 heterocycles. The fourth-order valence-electron chi connectivity index (χ4n) is 4.13. The first-order chi connectivity index (χ1) is 18.5. The molecule has 9 heteroatoms. The predicted octanol–water partition coefficient (Wildman–Crippen LogP) is 5.45. The van der Waals surface area contributed by atoms with Crippen LogP contribution < -0.4 is 0 Å². The normalized spacial score (nSPS) is 11.1. The zero-order valence-corrected chi connectivity index (χ0v) is 20.7. The highest BCUT2D eigenvalue weighted by Crippen LogP contribution is 2.32. The van der Waals surface area contributed by atoms with E-state index in [1.807, 2.05) is 65.4 Å². The number of aromatic carboxylic acids is 1. The number of carboxylic acid groups (broad SMARTS) is 1. The number of esters is 1. The van der Waals surface area contributed by atoms with Gasteiger partial charge in [-0.05, 0) is 42.3 Å². The first kappa shape index (κ1) is 24.9. The molecule has 192 valence electrons. The number of nitrogens with zero attached hydrogens (tertiary/aromatic N) is 3. The maximum Gasteiger partial charge on any atom is 0.375 e. The molecular weight excluding hydrogens is 486 g/mol. The van der Waals surface area contributed by atoms with Crippen molar-refractivity contribution >= 4 is 23.0 Å². The lowest BCUT2D eigenvalue weighted by molar-refractivity contribution is 0.0490. The Balaban J connectivity index is 1.45. The van der Waals surface area contributed by atoms with Crippen molar-refractivity contribution in [2.24, 2.45) is 0 Å². The molecule has 0 aliphatic heterocycles. The van der Waals surface area contributed by atoms with Crippen LogP contribution in [0, 0.1) is 0 Å². The number of ether oxygens (including phenoxy) is 2. The van der Waals surface area contributed by atoms with E-state index >= 15 is 0 Å². The number of pyridine rings is 1. The zero-order valence-electron chi connectivity index (χ0n) is 20.7. The Kier molecular flexibility index (Phi) is 7.28. The third-order valence-corrected chi connectivity index (χ3v) is 5.93. The van der Waals surface area contributed by atoms with Gasteiger partial charge >= 0.3 is 11.9 Å². The van der Waals surface area contributed by atoms with Crippen LogP contribution in [0.3, 0.4) is 0 Å². The molecule has 0 radical (unpaired) electrons. The number of carbonyl (C=O) groups excluding carboxylic acids is 1. The van der Waals surface area contributed by atoms with Gasteiger partial charge in [-0.1, -0.05) is 42.5 Å². The Morgan fingerprint density at radius 1 is 1.03 bits per heavy atom. The van der Waals surface area contributed by atoms with E-state index < -0.39 is 11.9 Å². The minimum absolute atomic E-state index is 0.0205. The van der Waals surface area contributed by atoms with E-state index in [0.717, 1.165) is 22.2 Å². The molecule has 0 bridgehead atoms. The Labute approximate surface area is 218 Å². The third kappa shape index (κ3) is 5.33. The van der Waals surface area contributed by atoms with Gasteiger partial charge in [0, 0.05) is 23.9 Å². The molecule has 9 nitrogen and oxygen atoms in total. The van der Waals surface area contributed by atoms with Crippen molar-refractivity contribution in [1.82, 2.24) is 14.5 Å². The quantitative estimate of drug-likeness (QED) is 0.194. The molecule has 0 amide bonds. The van der Waals surface area contributed by atoms with Crippen molar-refractivity contribution in [3.63, 3.8) is 0 Å². The number of hydrogen-bond acceptors (Lipinski definition) is 7. The second-order valence-corrected chi connectivity index (χ2v) is 8.47. The number of aromatic nitrogens is 3. The average Bonchev–Trinajstić information content (AvgIpc) is 3.57. The van der Waals surface area contributed by atoms with E-state index in [9.17, 15) is 14.7 Å². The van der Waals surface area contributed by atoms with Gasteiger partial charge in [-0.25, -0.2) is 19.6 Å². The fraction of sp³-hybridized carbons (Fsp3) is 0.172. The number of carbonyl (C=O) groups is 2. The summed E-state index contributed by atoms with van der Waals surface area (Å²) in [6.45, 7) is 3.47. The van der Waals surface area contributed by atoms with Crippen molar-refractivity contribution in [2.45, 2.75) is 20.1 Å². The average molecular weight is 512 g/mol. The Hall–Kier alpha value is -4.76. The van der Waals surface area contributed by atoms with Crippen molar-refractivity contribution < 1.29 is 28.6 Å². The second-order valence-electron chi connectivity index (χ2n) is 8.47. The van der Waals surface area contributed by atoms with Crippen LogP contribution in [0.25, 0.3) is 33.6 Å². The van der Waals surface area contributed by atoms with Crippen molar-refractivity contribution in [2.75, 3.05) is 13.2 Å². The molecule has 0 aliphatic rings. The van der Waals surface area contributed by atoms with Crippen LogP contribution in [0.2, 0.25) is 0 Å². The molecule has 0 fully saturated rings. The van der Waals surface area contributed by atoms with E-state index in [-0.39, 0.29) is 24.0 Å². The molecule has 1 N–H and O–H groups in total. The Bertz CT molecular complexity index is 1590. The van der Waals surface area contributed by atoms with Crippen molar-refractivity contribution in [1.29, 1.82) is 0 Å². The van der Waals surface area contributed by atoms with Crippen molar-refractivity contribution in [3.8, 4) is 22.6 Å². The van der Waals surface area contributed by atoms with Crippen LogP contribution in [0.4, 0.5) is 0 Å². The summed E-state index contributed by atoms with van der Waals surface area (Å²) in [6.07, 6.45) is 3.27. The first-order valence-electron chi connectivity index (χ1n) is 12.1. The van der Waals surface area contributed by atoms with Crippen LogP contribution in [0.1, 0.15) is 33.5 Å². The van der Waals surface area contributed by atoms with Gasteiger partial charge in [-0.3, -0.25) is 0 Å². The summed E-state index contributed by atoms with van der Waals surface area (Å²) >= 11 is 0. The maximum atomic E-state index is 12.0. The van der Waals surface area contributed by atoms with Gasteiger partial charge in [-0.15, -0.1) is 0 Å². The van der Waals surface area contributed by atoms with Gasteiger partial charge in [0.2, 0.25) is 11.7 Å². The summed E-state index contributed by atoms with van der Waals surface area (Å²) in [4.78, 5) is 32.3. The van der Waals surface area contributed by atoms with Gasteiger partial charge in [0.25, 0.3) is 0 Å². The monoisotopic (exact) mass is 511 g/mol. The van der Waals surface area contributed by atoms with Gasteiger partial charge in [0.15, 0.2) is 0 Å². The van der Waals surface area contributed by atoms with E-state index in [1.165, 1.54) is 12.3 Å². The smallest absolute Gasteiger partial charge is 0.375 e. The van der Waals surface area contributed by atoms with E-state index in [1.54, 1.807) is 13.0 Å². The summed E-state index contributed by atoms with van der Waals surface area (Å²) in [5.74, 6) is -1.39. The lowest BCUT2D eigenvalue weighted by Gasteiger charge is -2.07. The molecule has 2 aromatic carbocycles. The van der Waals surface area contributed by atoms with Crippen LogP contribution in [0.15, 0.2) is 83.5 Å². The van der Waals surface area contributed by atoms with Crippen LogP contribution >= 0.6 is 0 Å². The van der Waals surface area contributed by atoms with Gasteiger partial charge in [0.1, 0.15) is 5.69 Å². The van der Waals surface area contributed by atoms with E-state index in [0.29, 0.717) is 30.8 Å². The Morgan fingerprint density at radius 2 is 1.84 bits per heavy atom. The Morgan fingerprint density at radius 3 is 2.63 bits per heavy atom. The highest BCUT2D eigenvalue weighted by Gasteiger charge is 2.18. The molecule has 5 aromatic rings. The van der Waals surface area contributed by atoms with Gasteiger partial charge in [0.05, 0.1) is 37.1 Å². The molecule has 38 heavy (non-hydrogen) atoms. The van der Waals surface area contributed by atoms with Crippen molar-refractivity contribution in [3.05, 3.63) is 96.1 Å². The molecule has 0 unspecified atom stereocenters. The highest BCUT2D eigenvalue weighted by atomic mass is 16.5. The highest BCUT2D eigenvalue weighted by molar-refractivity contribution is 5.97. The lowest BCUT2D eigenvalue weighted by Crippen LogP contribution is -2.05. The summed E-state index contributed by atoms with van der Waals surface area (Å²) in [7, 11) is 0. The standard InChI is InChI=1S/C29H25N3O6/c1-2-37-29(35)25-16-30-27(38-25)21-10-6-9-20(15-21)22-17-32(13-14-36-18-19-7-4-3-5-8-19)24-12-11-23(28(33)34)31-26(22)24/h3-12,15-17H,2,13-14,18H2,1H3,(H,33,34). The first-order valence-corrected chi connectivity index (χ1v) is 12.1. The topological polar surface area (TPSA) is 117 Å². The van der Waals surface area contributed by atoms with Crippen LogP contribution in [0.5, 0.6) is 0 Å². The predicted molar refractivity (Wildman–Crippen MR) is 140 cm³/mol. The minimum atomic E-state index is -1.10. The van der Waals surface area contributed by atoms with E-state index in [2.05, 4.69) is 9.97 Å². The third-order valence-electron chi connectivity index (χ3n) is 5.93. The van der Waals surface area contributed by atoms with Gasteiger partial charge in [-0.2, -0.15) is 0 Å². The maximum absolute atomic E-state index is 12.0. The molecule has 0 saturated heterocycles. The number of benzene rings is 2. The minimum Gasteiger partial charge on any atom is -0.477 e. The lowest BCUT2D eigenvalue weighted by atomic mass is 10.0. The molecular formula is C29H25N3O6. The molecule has 0 saturated carbocycles. The molecule has 3 aromatic heterocycles. The summed E-state index contributed by atoms with van der Waals surface area (Å²) < 4.78 is 18.5. The summed E-state index contributed by atoms with van der Waals surface area (Å²) in [5.41, 5.74) is 4.60. The molecule has 0 aliphatic carbocycles. The zero-order chi connectivity index (χ0) is 26.5. The number of rotatable bonds is 10. The SMILES string of the molecule is CCOC(=O)c1cnc(-c2cccc(-c3cn(CCOCc4ccccc4)c4ccc(C(=O)O)nc34)c2)o1. The molecule has 0 atom stereocenters. The van der Waals surface area contributed by atoms with E-state index in [4.69, 9.17) is 13.9 Å². The van der Waals surface area contributed by atoms with Gasteiger partial charge < -0.3 is 23.6 Å². The second kappa shape index (κ2) is 11.1. The fourth-order valence-corrected chi connectivity index (χ4v) is 4.13. The number of carboxylic acids is 1. The number of fused-ring (bicyclic) bond motifs is 1. The number of hydrogen-bond donors (Lipinski definition) is 1. The summed E-state index contributed by atoms with van der Waals surface area (Å²) in [6, 6.07) is 20.6. The molecule has 0 spiro atoms. The molecule has 5 rings (SSSR count). The summed E-state index contributed by atoms with van der Waals surface area (Å²) in [5, 5.41) is 9.52. The number of oxazole rings is 1.